The highest BCUT2D eigenvalue weighted by Crippen LogP contribution is 2.36. The van der Waals surface area contributed by atoms with Gasteiger partial charge in [0.05, 0.1) is 11.3 Å². The second kappa shape index (κ2) is 7.55. The average Bonchev–Trinajstić information content (AvgIpc) is 2.76. The van der Waals surface area contributed by atoms with Crippen LogP contribution in [0, 0.1) is 0 Å². The molecule has 0 saturated carbocycles. The van der Waals surface area contributed by atoms with Gasteiger partial charge in [0.25, 0.3) is 0 Å². The number of anilines is 2. The van der Waals surface area contributed by atoms with Gasteiger partial charge in [0.15, 0.2) is 0 Å². The van der Waals surface area contributed by atoms with Crippen LogP contribution in [0.3, 0.4) is 0 Å². The molecule has 0 spiro atoms. The maximum absolute atomic E-state index is 13.2. The van der Waals surface area contributed by atoms with E-state index in [9.17, 15) is 22.8 Å². The molecule has 1 aromatic carbocycles. The van der Waals surface area contributed by atoms with Crippen molar-refractivity contribution in [3.63, 3.8) is 0 Å². The van der Waals surface area contributed by atoms with Crippen molar-refractivity contribution in [3.05, 3.63) is 23.8 Å². The first kappa shape index (κ1) is 18.1. The van der Waals surface area contributed by atoms with Gasteiger partial charge in [-0.2, -0.15) is 13.2 Å². The Bertz CT molecular complexity index is 609. The van der Waals surface area contributed by atoms with Gasteiger partial charge in [-0.25, -0.2) is 4.79 Å². The molecule has 2 rings (SSSR count). The van der Waals surface area contributed by atoms with Crippen LogP contribution in [0.5, 0.6) is 0 Å². The highest BCUT2D eigenvalue weighted by Gasteiger charge is 2.34. The van der Waals surface area contributed by atoms with Crippen LogP contribution < -0.4 is 10.6 Å². The van der Waals surface area contributed by atoms with Gasteiger partial charge in [-0.15, -0.1) is 0 Å². The van der Waals surface area contributed by atoms with Crippen LogP contribution in [0.15, 0.2) is 18.2 Å². The van der Waals surface area contributed by atoms with E-state index in [1.165, 1.54) is 17.9 Å². The summed E-state index contributed by atoms with van der Waals surface area (Å²) < 4.78 is 39.7. The number of hydrogen-bond acceptors (Lipinski definition) is 2. The summed E-state index contributed by atoms with van der Waals surface area (Å²) in [4.78, 5) is 24.8. The fraction of sp³-hybridized carbons (Fsp3) is 0.500. The van der Waals surface area contributed by atoms with E-state index in [2.05, 4.69) is 10.6 Å². The molecular formula is C16H20F3N3O2. The van der Waals surface area contributed by atoms with E-state index < -0.39 is 23.7 Å². The molecule has 0 radical (unpaired) electrons. The Morgan fingerprint density at radius 1 is 1.04 bits per heavy atom. The van der Waals surface area contributed by atoms with Crippen molar-refractivity contribution in [2.75, 3.05) is 23.7 Å². The van der Waals surface area contributed by atoms with Gasteiger partial charge in [-0.3, -0.25) is 4.79 Å². The lowest BCUT2D eigenvalue weighted by Crippen LogP contribution is -2.36. The molecular weight excluding hydrogens is 323 g/mol. The number of carbonyl (C=O) groups is 2. The molecule has 0 aromatic heterocycles. The number of urea groups is 1. The van der Waals surface area contributed by atoms with Crippen LogP contribution in [0.4, 0.5) is 29.3 Å². The van der Waals surface area contributed by atoms with Gasteiger partial charge < -0.3 is 15.5 Å². The van der Waals surface area contributed by atoms with Gasteiger partial charge in [0, 0.05) is 25.7 Å². The van der Waals surface area contributed by atoms with Crippen molar-refractivity contribution in [2.45, 2.75) is 38.8 Å². The Labute approximate surface area is 138 Å². The lowest BCUT2D eigenvalue weighted by Gasteiger charge is -2.22. The standard InChI is InChI=1S/C16H20F3N3O2/c1-11(23)20-12-6-7-14(13(10-12)16(17,18)19)21-15(24)22-8-4-2-3-5-9-22/h6-7,10H,2-5,8-9H2,1H3,(H,20,23)(H,21,24). The van der Waals surface area contributed by atoms with Crippen LogP contribution in [0.25, 0.3) is 0 Å². The summed E-state index contributed by atoms with van der Waals surface area (Å²) in [5, 5.41) is 4.66. The van der Waals surface area contributed by atoms with Crippen molar-refractivity contribution < 1.29 is 22.8 Å². The first-order valence-electron chi connectivity index (χ1n) is 7.82. The van der Waals surface area contributed by atoms with Crippen molar-refractivity contribution in [2.24, 2.45) is 0 Å². The van der Waals surface area contributed by atoms with E-state index in [-0.39, 0.29) is 11.4 Å². The third kappa shape index (κ3) is 4.87. The number of nitrogens with one attached hydrogen (secondary N) is 2. The van der Waals surface area contributed by atoms with E-state index in [1.807, 2.05) is 0 Å². The van der Waals surface area contributed by atoms with E-state index in [4.69, 9.17) is 0 Å². The third-order valence-electron chi connectivity index (χ3n) is 3.78. The maximum atomic E-state index is 13.2. The molecule has 0 unspecified atom stereocenters. The Hall–Kier alpha value is -2.25. The topological polar surface area (TPSA) is 61.4 Å². The van der Waals surface area contributed by atoms with Crippen molar-refractivity contribution in [1.29, 1.82) is 0 Å². The number of benzene rings is 1. The van der Waals surface area contributed by atoms with Gasteiger partial charge in [0.2, 0.25) is 5.91 Å². The number of likely N-dealkylation sites (tertiary alicyclic amines) is 1. The van der Waals surface area contributed by atoms with Gasteiger partial charge in [0.1, 0.15) is 0 Å². The van der Waals surface area contributed by atoms with Crippen LogP contribution in [0.2, 0.25) is 0 Å². The molecule has 3 amide bonds. The lowest BCUT2D eigenvalue weighted by molar-refractivity contribution is -0.137. The first-order chi connectivity index (χ1) is 11.3. The largest absolute Gasteiger partial charge is 0.418 e. The van der Waals surface area contributed by atoms with Crippen molar-refractivity contribution in [1.82, 2.24) is 4.90 Å². The molecule has 1 saturated heterocycles. The zero-order chi connectivity index (χ0) is 17.7. The number of nitrogens with zero attached hydrogens (tertiary/aromatic N) is 1. The summed E-state index contributed by atoms with van der Waals surface area (Å²) in [6.07, 6.45) is -0.913. The molecule has 8 heteroatoms. The monoisotopic (exact) mass is 343 g/mol. The fourth-order valence-electron chi connectivity index (χ4n) is 2.64. The van der Waals surface area contributed by atoms with E-state index >= 15 is 0 Å². The zero-order valence-electron chi connectivity index (χ0n) is 13.4. The van der Waals surface area contributed by atoms with Crippen LogP contribution in [-0.2, 0) is 11.0 Å². The molecule has 24 heavy (non-hydrogen) atoms. The molecule has 0 aliphatic carbocycles. The Balaban J connectivity index is 2.21. The molecule has 1 aromatic rings. The smallest absolute Gasteiger partial charge is 0.326 e. The Morgan fingerprint density at radius 2 is 1.67 bits per heavy atom. The van der Waals surface area contributed by atoms with Gasteiger partial charge in [-0.1, -0.05) is 12.8 Å². The molecule has 1 fully saturated rings. The Kier molecular flexibility index (Phi) is 5.69. The quantitative estimate of drug-likeness (QED) is 0.850. The lowest BCUT2D eigenvalue weighted by atomic mass is 10.1. The summed E-state index contributed by atoms with van der Waals surface area (Å²) in [6, 6.07) is 2.77. The number of alkyl halides is 3. The Morgan fingerprint density at radius 3 is 2.21 bits per heavy atom. The molecule has 1 aliphatic rings. The minimum Gasteiger partial charge on any atom is -0.326 e. The summed E-state index contributed by atoms with van der Waals surface area (Å²) in [5.41, 5.74) is -1.27. The minimum absolute atomic E-state index is 0.0302. The fourth-order valence-corrected chi connectivity index (χ4v) is 2.64. The summed E-state index contributed by atoms with van der Waals surface area (Å²) >= 11 is 0. The number of hydrogen-bond donors (Lipinski definition) is 2. The van der Waals surface area contributed by atoms with Gasteiger partial charge >= 0.3 is 12.2 Å². The van der Waals surface area contributed by atoms with Crippen molar-refractivity contribution >= 4 is 23.3 Å². The predicted molar refractivity (Wildman–Crippen MR) is 84.8 cm³/mol. The number of carbonyl (C=O) groups excluding carboxylic acids is 2. The van der Waals surface area contributed by atoms with Gasteiger partial charge in [-0.05, 0) is 31.0 Å². The molecule has 2 N–H and O–H groups in total. The molecule has 0 atom stereocenters. The first-order valence-corrected chi connectivity index (χ1v) is 7.82. The number of rotatable bonds is 2. The zero-order valence-corrected chi connectivity index (χ0v) is 13.4. The van der Waals surface area contributed by atoms with E-state index in [1.54, 1.807) is 0 Å². The second-order valence-corrected chi connectivity index (χ2v) is 5.77. The number of halogens is 3. The predicted octanol–water partition coefficient (Wildman–Crippen LogP) is 4.07. The van der Waals surface area contributed by atoms with Crippen LogP contribution in [-0.4, -0.2) is 29.9 Å². The molecule has 1 heterocycles. The molecule has 1 aliphatic heterocycles. The molecule has 132 valence electrons. The minimum atomic E-state index is -4.64. The van der Waals surface area contributed by atoms with Crippen LogP contribution >= 0.6 is 0 Å². The summed E-state index contributed by atoms with van der Waals surface area (Å²) in [6.45, 7) is 2.29. The van der Waals surface area contributed by atoms with E-state index in [0.29, 0.717) is 13.1 Å². The number of amides is 3. The normalized spacial score (nSPS) is 15.6. The second-order valence-electron chi connectivity index (χ2n) is 5.77. The molecule has 5 nitrogen and oxygen atoms in total. The van der Waals surface area contributed by atoms with Crippen LogP contribution in [0.1, 0.15) is 38.2 Å². The van der Waals surface area contributed by atoms with E-state index in [0.717, 1.165) is 37.8 Å². The van der Waals surface area contributed by atoms with Crippen molar-refractivity contribution in [3.8, 4) is 0 Å². The SMILES string of the molecule is CC(=O)Nc1ccc(NC(=O)N2CCCCCC2)c(C(F)(F)F)c1. The molecule has 0 bridgehead atoms. The average molecular weight is 343 g/mol. The summed E-state index contributed by atoms with van der Waals surface area (Å²) in [7, 11) is 0. The highest BCUT2D eigenvalue weighted by atomic mass is 19.4. The summed E-state index contributed by atoms with van der Waals surface area (Å²) in [5.74, 6) is -0.468. The highest BCUT2D eigenvalue weighted by molar-refractivity contribution is 5.92. The third-order valence-corrected chi connectivity index (χ3v) is 3.78. The maximum Gasteiger partial charge on any atom is 0.418 e.